The van der Waals surface area contributed by atoms with Crippen molar-refractivity contribution in [1.29, 1.82) is 0 Å². The first-order valence-corrected chi connectivity index (χ1v) is 11.5. The molecule has 0 unspecified atom stereocenters. The second-order valence-corrected chi connectivity index (χ2v) is 11.9. The van der Waals surface area contributed by atoms with Crippen LogP contribution in [0, 0.1) is 0 Å². The summed E-state index contributed by atoms with van der Waals surface area (Å²) < 4.78 is 1.22. The van der Waals surface area contributed by atoms with Crippen molar-refractivity contribution < 1.29 is 9.59 Å². The van der Waals surface area contributed by atoms with Gasteiger partial charge in [-0.15, -0.1) is 47.0 Å². The summed E-state index contributed by atoms with van der Waals surface area (Å²) in [6.45, 7) is 3.24. The van der Waals surface area contributed by atoms with Crippen LogP contribution in [0.1, 0.15) is 13.8 Å². The van der Waals surface area contributed by atoms with Gasteiger partial charge in [0.15, 0.2) is 10.2 Å². The van der Waals surface area contributed by atoms with E-state index >= 15 is 0 Å². The van der Waals surface area contributed by atoms with Crippen molar-refractivity contribution in [2.45, 2.75) is 23.0 Å². The molecule has 0 bridgehead atoms. The summed E-state index contributed by atoms with van der Waals surface area (Å²) in [6.07, 6.45) is 0. The lowest BCUT2D eigenvalue weighted by Crippen LogP contribution is -2.17. The standard InChI is InChI=1S/C10H16O2S6/c1-7(11)15-5-17-9-3-14-10(4-13-9)18-6-16-8(2)12/h9-10H,3-6H2,1-2H3/t9-,10+. The Morgan fingerprint density at radius 2 is 1.33 bits per heavy atom. The number of carbonyl (C=O) groups is 2. The zero-order chi connectivity index (χ0) is 13.4. The molecule has 0 radical (unpaired) electrons. The number of thioether (sulfide) groups is 6. The molecule has 0 N–H and O–H groups in total. The van der Waals surface area contributed by atoms with Crippen molar-refractivity contribution in [2.24, 2.45) is 0 Å². The molecule has 0 spiro atoms. The van der Waals surface area contributed by atoms with Crippen LogP contribution in [-0.2, 0) is 9.59 Å². The Bertz CT molecular complexity index is 250. The Labute approximate surface area is 134 Å². The minimum atomic E-state index is 0.200. The maximum Gasteiger partial charge on any atom is 0.186 e. The molecule has 0 aromatic heterocycles. The van der Waals surface area contributed by atoms with Crippen LogP contribution in [0.5, 0.6) is 0 Å². The highest BCUT2D eigenvalue weighted by atomic mass is 32.2. The quantitative estimate of drug-likeness (QED) is 0.656. The third kappa shape index (κ3) is 8.58. The fourth-order valence-corrected chi connectivity index (χ4v) is 9.60. The summed E-state index contributed by atoms with van der Waals surface area (Å²) >= 11 is 10.5. The van der Waals surface area contributed by atoms with E-state index in [0.717, 1.165) is 21.7 Å². The van der Waals surface area contributed by atoms with Gasteiger partial charge < -0.3 is 0 Å². The van der Waals surface area contributed by atoms with Crippen LogP contribution in [0.15, 0.2) is 0 Å². The Morgan fingerprint density at radius 1 is 0.944 bits per heavy atom. The van der Waals surface area contributed by atoms with Gasteiger partial charge in [0, 0.05) is 35.5 Å². The second-order valence-electron chi connectivity index (χ2n) is 3.37. The van der Waals surface area contributed by atoms with Crippen LogP contribution >= 0.6 is 70.6 Å². The molecule has 2 atom stereocenters. The van der Waals surface area contributed by atoms with E-state index in [1.807, 2.05) is 47.0 Å². The first-order valence-electron chi connectivity index (χ1n) is 5.31. The van der Waals surface area contributed by atoms with E-state index in [1.165, 1.54) is 23.5 Å². The second kappa shape index (κ2) is 10.2. The van der Waals surface area contributed by atoms with Crippen LogP contribution in [0.25, 0.3) is 0 Å². The highest BCUT2D eigenvalue weighted by molar-refractivity contribution is 8.31. The fourth-order valence-electron chi connectivity index (χ4n) is 1.05. The molecule has 0 amide bonds. The largest absolute Gasteiger partial charge is 0.288 e. The first kappa shape index (κ1) is 17.5. The van der Waals surface area contributed by atoms with Gasteiger partial charge in [-0.3, -0.25) is 9.59 Å². The molecule has 0 aliphatic carbocycles. The zero-order valence-electron chi connectivity index (χ0n) is 10.2. The summed E-state index contributed by atoms with van der Waals surface area (Å²) in [4.78, 5) is 21.6. The van der Waals surface area contributed by atoms with Gasteiger partial charge >= 0.3 is 0 Å². The molecule has 1 rings (SSSR count). The third-order valence-electron chi connectivity index (χ3n) is 1.87. The van der Waals surface area contributed by atoms with E-state index in [1.54, 1.807) is 13.8 Å². The van der Waals surface area contributed by atoms with Crippen LogP contribution in [0.4, 0.5) is 0 Å². The van der Waals surface area contributed by atoms with Crippen molar-refractivity contribution >= 4 is 80.8 Å². The molecular formula is C10H16O2S6. The molecule has 1 saturated heterocycles. The highest BCUT2D eigenvalue weighted by Gasteiger charge is 2.22. The van der Waals surface area contributed by atoms with Crippen LogP contribution < -0.4 is 0 Å². The van der Waals surface area contributed by atoms with E-state index in [2.05, 4.69) is 0 Å². The number of hydrogen-bond acceptors (Lipinski definition) is 8. The van der Waals surface area contributed by atoms with Crippen molar-refractivity contribution in [3.05, 3.63) is 0 Å². The van der Waals surface area contributed by atoms with Gasteiger partial charge in [0.25, 0.3) is 0 Å². The van der Waals surface area contributed by atoms with E-state index < -0.39 is 0 Å². The van der Waals surface area contributed by atoms with Gasteiger partial charge in [-0.1, -0.05) is 23.5 Å². The van der Waals surface area contributed by atoms with Gasteiger partial charge in [-0.2, -0.15) is 0 Å². The smallest absolute Gasteiger partial charge is 0.186 e. The van der Waals surface area contributed by atoms with Gasteiger partial charge in [0.2, 0.25) is 0 Å². The molecule has 8 heteroatoms. The van der Waals surface area contributed by atoms with Gasteiger partial charge in [0.05, 0.1) is 9.16 Å². The minimum Gasteiger partial charge on any atom is -0.288 e. The number of rotatable bonds is 6. The SMILES string of the molecule is CC(=O)SCS[C@H]1CS[C@H](SCSC(C)=O)CS1. The maximum atomic E-state index is 10.8. The Morgan fingerprint density at radius 3 is 1.61 bits per heavy atom. The summed E-state index contributed by atoms with van der Waals surface area (Å²) in [7, 11) is 0. The van der Waals surface area contributed by atoms with Gasteiger partial charge in [-0.05, 0) is 0 Å². The molecule has 0 aromatic carbocycles. The first-order chi connectivity index (χ1) is 8.58. The topological polar surface area (TPSA) is 34.1 Å². The lowest BCUT2D eigenvalue weighted by molar-refractivity contribution is -0.109. The molecule has 2 nitrogen and oxygen atoms in total. The molecule has 1 aliphatic rings. The lowest BCUT2D eigenvalue weighted by atomic mass is 10.9. The molecule has 104 valence electrons. The predicted octanol–water partition coefficient (Wildman–Crippen LogP) is 4.06. The summed E-state index contributed by atoms with van der Waals surface area (Å²) in [6, 6.07) is 0. The van der Waals surface area contributed by atoms with Crippen molar-refractivity contribution in [2.75, 3.05) is 21.7 Å². The molecular weight excluding hydrogens is 345 g/mol. The van der Waals surface area contributed by atoms with E-state index in [-0.39, 0.29) is 10.2 Å². The molecule has 0 aromatic rings. The number of carbonyl (C=O) groups excluding carboxylic acids is 2. The van der Waals surface area contributed by atoms with Gasteiger partial charge in [-0.25, -0.2) is 0 Å². The highest BCUT2D eigenvalue weighted by Crippen LogP contribution is 2.41. The number of hydrogen-bond donors (Lipinski definition) is 0. The minimum absolute atomic E-state index is 0.200. The average molecular weight is 361 g/mol. The molecule has 18 heavy (non-hydrogen) atoms. The summed E-state index contributed by atoms with van der Waals surface area (Å²) in [5.74, 6) is 2.27. The zero-order valence-corrected chi connectivity index (χ0v) is 15.1. The molecule has 0 saturated carbocycles. The Balaban J connectivity index is 2.05. The molecule has 1 aliphatic heterocycles. The van der Waals surface area contributed by atoms with E-state index in [0.29, 0.717) is 9.16 Å². The Hall–Kier alpha value is 1.44. The van der Waals surface area contributed by atoms with Crippen LogP contribution in [0.2, 0.25) is 0 Å². The summed E-state index contributed by atoms with van der Waals surface area (Å²) in [5.41, 5.74) is 0. The Kier molecular flexibility index (Phi) is 9.92. The molecule has 1 fully saturated rings. The third-order valence-corrected chi connectivity index (χ3v) is 10.4. The average Bonchev–Trinajstić information content (AvgIpc) is 2.30. The van der Waals surface area contributed by atoms with E-state index in [4.69, 9.17) is 0 Å². The van der Waals surface area contributed by atoms with Crippen molar-refractivity contribution in [3.63, 3.8) is 0 Å². The normalized spacial score (nSPS) is 23.9. The van der Waals surface area contributed by atoms with Crippen molar-refractivity contribution in [3.8, 4) is 0 Å². The summed E-state index contributed by atoms with van der Waals surface area (Å²) in [5, 5.41) is 2.13. The molecule has 1 heterocycles. The van der Waals surface area contributed by atoms with Crippen LogP contribution in [-0.4, -0.2) is 41.1 Å². The maximum absolute atomic E-state index is 10.8. The fraction of sp³-hybridized carbons (Fsp3) is 0.800. The predicted molar refractivity (Wildman–Crippen MR) is 94.0 cm³/mol. The monoisotopic (exact) mass is 360 g/mol. The van der Waals surface area contributed by atoms with Crippen molar-refractivity contribution in [1.82, 2.24) is 0 Å². The van der Waals surface area contributed by atoms with E-state index in [9.17, 15) is 9.59 Å². The van der Waals surface area contributed by atoms with Crippen LogP contribution in [0.3, 0.4) is 0 Å². The lowest BCUT2D eigenvalue weighted by Gasteiger charge is -2.26. The van der Waals surface area contributed by atoms with Gasteiger partial charge in [0.1, 0.15) is 0 Å².